The molecule has 1 aliphatic heterocycles. The van der Waals surface area contributed by atoms with Gasteiger partial charge in [0.1, 0.15) is 5.69 Å². The van der Waals surface area contributed by atoms with Crippen molar-refractivity contribution in [3.05, 3.63) is 59.5 Å². The van der Waals surface area contributed by atoms with Crippen LogP contribution in [0.5, 0.6) is 0 Å². The van der Waals surface area contributed by atoms with Gasteiger partial charge in [0.15, 0.2) is 5.69 Å². The molecule has 1 aliphatic rings. The van der Waals surface area contributed by atoms with Crippen LogP contribution in [-0.2, 0) is 0 Å². The molecule has 1 saturated heterocycles. The molecule has 7 heteroatoms. The summed E-state index contributed by atoms with van der Waals surface area (Å²) < 4.78 is 1.67. The number of carbonyl (C=O) groups is 1. The van der Waals surface area contributed by atoms with E-state index in [1.165, 1.54) is 0 Å². The van der Waals surface area contributed by atoms with Crippen LogP contribution >= 0.6 is 11.6 Å². The Kier molecular flexibility index (Phi) is 4.67. The van der Waals surface area contributed by atoms with Crippen LogP contribution in [0.15, 0.2) is 48.8 Å². The minimum Gasteiger partial charge on any atom is -0.337 e. The zero-order valence-electron chi connectivity index (χ0n) is 14.2. The SMILES string of the molecule is O=C(c1nnn(-c2ccc(Cl)cc2)c1-c1cccnc1)N1CCCCC1. The number of aromatic nitrogens is 4. The van der Waals surface area contributed by atoms with Crippen molar-refractivity contribution >= 4 is 17.5 Å². The summed E-state index contributed by atoms with van der Waals surface area (Å²) >= 11 is 6.00. The minimum absolute atomic E-state index is 0.0798. The van der Waals surface area contributed by atoms with Gasteiger partial charge in [-0.1, -0.05) is 16.8 Å². The summed E-state index contributed by atoms with van der Waals surface area (Å²) in [6.07, 6.45) is 6.64. The third-order valence-electron chi connectivity index (χ3n) is 4.52. The fourth-order valence-corrected chi connectivity index (χ4v) is 3.32. The Morgan fingerprint density at radius 2 is 1.81 bits per heavy atom. The van der Waals surface area contributed by atoms with E-state index >= 15 is 0 Å². The first-order valence-corrected chi connectivity index (χ1v) is 9.03. The number of rotatable bonds is 3. The van der Waals surface area contributed by atoms with Crippen molar-refractivity contribution < 1.29 is 4.79 Å². The summed E-state index contributed by atoms with van der Waals surface area (Å²) in [7, 11) is 0. The lowest BCUT2D eigenvalue weighted by Crippen LogP contribution is -2.36. The zero-order chi connectivity index (χ0) is 17.9. The van der Waals surface area contributed by atoms with Gasteiger partial charge in [0.2, 0.25) is 0 Å². The molecule has 0 spiro atoms. The van der Waals surface area contributed by atoms with Crippen LogP contribution in [-0.4, -0.2) is 43.9 Å². The number of carbonyl (C=O) groups excluding carboxylic acids is 1. The van der Waals surface area contributed by atoms with Crippen molar-refractivity contribution in [3.63, 3.8) is 0 Å². The van der Waals surface area contributed by atoms with E-state index in [9.17, 15) is 4.79 Å². The number of piperidine rings is 1. The summed E-state index contributed by atoms with van der Waals surface area (Å²) in [5.41, 5.74) is 2.59. The van der Waals surface area contributed by atoms with Gasteiger partial charge in [-0.3, -0.25) is 9.78 Å². The van der Waals surface area contributed by atoms with E-state index in [-0.39, 0.29) is 5.91 Å². The number of nitrogens with zero attached hydrogens (tertiary/aromatic N) is 5. The number of hydrogen-bond donors (Lipinski definition) is 0. The van der Waals surface area contributed by atoms with E-state index in [0.29, 0.717) is 16.4 Å². The largest absolute Gasteiger partial charge is 0.337 e. The zero-order valence-corrected chi connectivity index (χ0v) is 14.9. The van der Waals surface area contributed by atoms with Crippen LogP contribution in [0.2, 0.25) is 5.02 Å². The van der Waals surface area contributed by atoms with Gasteiger partial charge in [-0.15, -0.1) is 5.10 Å². The number of likely N-dealkylation sites (tertiary alicyclic amines) is 1. The standard InChI is InChI=1S/C19H18ClN5O/c20-15-6-8-16(9-7-15)25-18(14-5-4-10-21-13-14)17(22-23-25)19(26)24-11-2-1-3-12-24/h4-10,13H,1-3,11-12H2. The Labute approximate surface area is 156 Å². The van der Waals surface area contributed by atoms with Gasteiger partial charge >= 0.3 is 0 Å². The molecule has 26 heavy (non-hydrogen) atoms. The molecule has 6 nitrogen and oxygen atoms in total. The molecule has 1 amide bonds. The number of pyridine rings is 1. The lowest BCUT2D eigenvalue weighted by atomic mass is 10.1. The molecule has 3 heterocycles. The Hall–Kier alpha value is -2.73. The van der Waals surface area contributed by atoms with E-state index in [1.807, 2.05) is 29.2 Å². The van der Waals surface area contributed by atoms with Gasteiger partial charge in [0.25, 0.3) is 5.91 Å². The molecule has 3 aromatic rings. The molecule has 132 valence electrons. The molecule has 0 N–H and O–H groups in total. The maximum absolute atomic E-state index is 13.1. The third-order valence-corrected chi connectivity index (χ3v) is 4.77. The lowest BCUT2D eigenvalue weighted by molar-refractivity contribution is 0.0719. The van der Waals surface area contributed by atoms with Crippen molar-refractivity contribution in [2.24, 2.45) is 0 Å². The highest BCUT2D eigenvalue weighted by atomic mass is 35.5. The maximum Gasteiger partial charge on any atom is 0.276 e. The van der Waals surface area contributed by atoms with E-state index < -0.39 is 0 Å². The Balaban J connectivity index is 1.82. The normalized spacial score (nSPS) is 14.4. The summed E-state index contributed by atoms with van der Waals surface area (Å²) in [6, 6.07) is 11.0. The van der Waals surface area contributed by atoms with Gasteiger partial charge in [-0.25, -0.2) is 4.68 Å². The van der Waals surface area contributed by atoms with E-state index in [2.05, 4.69) is 15.3 Å². The smallest absolute Gasteiger partial charge is 0.276 e. The number of halogens is 1. The second-order valence-electron chi connectivity index (χ2n) is 6.27. The number of benzene rings is 1. The number of amides is 1. The molecule has 2 aromatic heterocycles. The summed E-state index contributed by atoms with van der Waals surface area (Å²) in [4.78, 5) is 19.1. The van der Waals surface area contributed by atoms with Crippen LogP contribution in [0.3, 0.4) is 0 Å². The summed E-state index contributed by atoms with van der Waals surface area (Å²) in [5, 5.41) is 9.12. The molecular weight excluding hydrogens is 350 g/mol. The molecule has 0 aliphatic carbocycles. The topological polar surface area (TPSA) is 63.9 Å². The Morgan fingerprint density at radius 1 is 1.04 bits per heavy atom. The fraction of sp³-hybridized carbons (Fsp3) is 0.263. The predicted molar refractivity (Wildman–Crippen MR) is 99.4 cm³/mol. The van der Waals surface area contributed by atoms with Gasteiger partial charge < -0.3 is 4.90 Å². The summed E-state index contributed by atoms with van der Waals surface area (Å²) in [6.45, 7) is 1.53. The molecule has 0 bridgehead atoms. The highest BCUT2D eigenvalue weighted by Crippen LogP contribution is 2.27. The van der Waals surface area contributed by atoms with Crippen LogP contribution in [0, 0.1) is 0 Å². The van der Waals surface area contributed by atoms with Crippen molar-refractivity contribution in [2.45, 2.75) is 19.3 Å². The molecule has 0 unspecified atom stereocenters. The second kappa shape index (κ2) is 7.25. The second-order valence-corrected chi connectivity index (χ2v) is 6.71. The molecular formula is C19H18ClN5O. The van der Waals surface area contributed by atoms with Crippen molar-refractivity contribution in [2.75, 3.05) is 13.1 Å². The lowest BCUT2D eigenvalue weighted by Gasteiger charge is -2.26. The highest BCUT2D eigenvalue weighted by Gasteiger charge is 2.27. The molecule has 1 fully saturated rings. The quantitative estimate of drug-likeness (QED) is 0.709. The van der Waals surface area contributed by atoms with Crippen LogP contribution in [0.25, 0.3) is 16.9 Å². The van der Waals surface area contributed by atoms with Crippen LogP contribution < -0.4 is 0 Å². The first-order valence-electron chi connectivity index (χ1n) is 8.65. The third kappa shape index (κ3) is 3.20. The maximum atomic E-state index is 13.1. The molecule has 0 saturated carbocycles. The molecule has 0 atom stereocenters. The van der Waals surface area contributed by atoms with Crippen molar-refractivity contribution in [1.29, 1.82) is 0 Å². The molecule has 4 rings (SSSR count). The van der Waals surface area contributed by atoms with Crippen molar-refractivity contribution in [1.82, 2.24) is 24.9 Å². The van der Waals surface area contributed by atoms with Crippen LogP contribution in [0.1, 0.15) is 29.8 Å². The van der Waals surface area contributed by atoms with Crippen molar-refractivity contribution in [3.8, 4) is 16.9 Å². The first-order chi connectivity index (χ1) is 12.7. The number of hydrogen-bond acceptors (Lipinski definition) is 4. The fourth-order valence-electron chi connectivity index (χ4n) is 3.20. The average molecular weight is 368 g/mol. The van der Waals surface area contributed by atoms with E-state index in [0.717, 1.165) is 43.6 Å². The van der Waals surface area contributed by atoms with Crippen LogP contribution in [0.4, 0.5) is 0 Å². The Bertz CT molecular complexity index is 901. The Morgan fingerprint density at radius 3 is 2.50 bits per heavy atom. The van der Waals surface area contributed by atoms with Gasteiger partial charge in [0.05, 0.1) is 5.69 Å². The van der Waals surface area contributed by atoms with E-state index in [4.69, 9.17) is 11.6 Å². The minimum atomic E-state index is -0.0798. The van der Waals surface area contributed by atoms with Gasteiger partial charge in [-0.2, -0.15) is 0 Å². The van der Waals surface area contributed by atoms with Gasteiger partial charge in [-0.05, 0) is 55.7 Å². The summed E-state index contributed by atoms with van der Waals surface area (Å²) in [5.74, 6) is -0.0798. The molecule has 0 radical (unpaired) electrons. The molecule has 1 aromatic carbocycles. The highest BCUT2D eigenvalue weighted by molar-refractivity contribution is 6.30. The predicted octanol–water partition coefficient (Wildman–Crippen LogP) is 3.61. The average Bonchev–Trinajstić information content (AvgIpc) is 3.14. The van der Waals surface area contributed by atoms with Gasteiger partial charge in [0, 0.05) is 36.1 Å². The van der Waals surface area contributed by atoms with E-state index in [1.54, 1.807) is 29.2 Å². The first kappa shape index (κ1) is 16.7. The monoisotopic (exact) mass is 367 g/mol.